The van der Waals surface area contributed by atoms with Crippen molar-refractivity contribution in [3.63, 3.8) is 0 Å². The molecule has 0 spiro atoms. The second kappa shape index (κ2) is 7.41. The van der Waals surface area contributed by atoms with E-state index in [9.17, 15) is 9.59 Å². The summed E-state index contributed by atoms with van der Waals surface area (Å²) >= 11 is 1.53. The van der Waals surface area contributed by atoms with E-state index in [2.05, 4.69) is 24.9 Å². The molecule has 0 unspecified atom stereocenters. The van der Waals surface area contributed by atoms with Gasteiger partial charge in [-0.2, -0.15) is 0 Å². The zero-order valence-corrected chi connectivity index (χ0v) is 16.4. The third kappa shape index (κ3) is 3.70. The standard InChI is InChI=1S/C20H23N3O2S/c1-5-16-9-17-19(26-16)21-12-23(20(17)25)11-18(24)22(4)10-15-7-6-13(2)8-14(15)3/h6-9,12H,5,10-11H2,1-4H3. The summed E-state index contributed by atoms with van der Waals surface area (Å²) in [5, 5.41) is 0.596. The number of carbonyl (C=O) groups excluding carboxylic acids is 1. The van der Waals surface area contributed by atoms with Gasteiger partial charge in [-0.05, 0) is 37.5 Å². The van der Waals surface area contributed by atoms with Crippen LogP contribution in [-0.4, -0.2) is 27.4 Å². The molecule has 0 aliphatic heterocycles. The summed E-state index contributed by atoms with van der Waals surface area (Å²) in [4.78, 5) is 33.1. The lowest BCUT2D eigenvalue weighted by atomic mass is 10.1. The predicted molar refractivity (Wildman–Crippen MR) is 106 cm³/mol. The third-order valence-corrected chi connectivity index (χ3v) is 5.74. The van der Waals surface area contributed by atoms with Crippen molar-refractivity contribution in [3.05, 3.63) is 62.5 Å². The van der Waals surface area contributed by atoms with Gasteiger partial charge in [-0.1, -0.05) is 30.7 Å². The molecule has 0 radical (unpaired) electrons. The number of rotatable bonds is 5. The molecule has 26 heavy (non-hydrogen) atoms. The van der Waals surface area contributed by atoms with Gasteiger partial charge in [0.2, 0.25) is 5.91 Å². The number of benzene rings is 1. The van der Waals surface area contributed by atoms with Crippen molar-refractivity contribution in [2.24, 2.45) is 0 Å². The van der Waals surface area contributed by atoms with Crippen molar-refractivity contribution in [3.8, 4) is 0 Å². The number of thiophene rings is 1. The van der Waals surface area contributed by atoms with E-state index in [-0.39, 0.29) is 18.0 Å². The molecule has 136 valence electrons. The molecule has 1 amide bonds. The Hall–Kier alpha value is -2.47. The number of aromatic nitrogens is 2. The van der Waals surface area contributed by atoms with Crippen molar-refractivity contribution >= 4 is 27.5 Å². The smallest absolute Gasteiger partial charge is 0.262 e. The average Bonchev–Trinajstić information content (AvgIpc) is 3.04. The summed E-state index contributed by atoms with van der Waals surface area (Å²) in [6.07, 6.45) is 2.35. The van der Waals surface area contributed by atoms with Crippen LogP contribution >= 0.6 is 11.3 Å². The third-order valence-electron chi connectivity index (χ3n) is 4.55. The van der Waals surface area contributed by atoms with E-state index in [4.69, 9.17) is 0 Å². The lowest BCUT2D eigenvalue weighted by Gasteiger charge is -2.19. The molecule has 2 heterocycles. The van der Waals surface area contributed by atoms with Crippen molar-refractivity contribution < 1.29 is 4.79 Å². The zero-order valence-electron chi connectivity index (χ0n) is 15.6. The summed E-state index contributed by atoms with van der Waals surface area (Å²) in [6, 6.07) is 8.09. The van der Waals surface area contributed by atoms with Crippen LogP contribution in [0.25, 0.3) is 10.2 Å². The first-order chi connectivity index (χ1) is 12.4. The maximum absolute atomic E-state index is 12.6. The molecule has 3 aromatic rings. The number of nitrogens with zero attached hydrogens (tertiary/aromatic N) is 3. The predicted octanol–water partition coefficient (Wildman–Crippen LogP) is 3.30. The van der Waals surface area contributed by atoms with Crippen molar-refractivity contribution in [1.29, 1.82) is 0 Å². The second-order valence-corrected chi connectivity index (χ2v) is 7.76. The maximum Gasteiger partial charge on any atom is 0.262 e. The van der Waals surface area contributed by atoms with Crippen LogP contribution in [0.15, 0.2) is 35.4 Å². The number of likely N-dealkylation sites (N-methyl/N-ethyl adjacent to an activating group) is 1. The number of hydrogen-bond acceptors (Lipinski definition) is 4. The highest BCUT2D eigenvalue weighted by atomic mass is 32.1. The molecule has 6 heteroatoms. The Labute approximate surface area is 156 Å². The minimum atomic E-state index is -0.154. The Morgan fingerprint density at radius 1 is 1.27 bits per heavy atom. The highest BCUT2D eigenvalue weighted by Crippen LogP contribution is 2.21. The highest BCUT2D eigenvalue weighted by molar-refractivity contribution is 7.18. The number of amides is 1. The number of aryl methyl sites for hydroxylation is 3. The fourth-order valence-electron chi connectivity index (χ4n) is 2.93. The van der Waals surface area contributed by atoms with Gasteiger partial charge < -0.3 is 4.90 Å². The first kappa shape index (κ1) is 18.3. The van der Waals surface area contributed by atoms with Crippen LogP contribution in [0.3, 0.4) is 0 Å². The van der Waals surface area contributed by atoms with E-state index in [1.165, 1.54) is 27.8 Å². The van der Waals surface area contributed by atoms with E-state index < -0.39 is 0 Å². The van der Waals surface area contributed by atoms with Crippen LogP contribution in [0.2, 0.25) is 0 Å². The van der Waals surface area contributed by atoms with Crippen LogP contribution in [0.5, 0.6) is 0 Å². The highest BCUT2D eigenvalue weighted by Gasteiger charge is 2.14. The summed E-state index contributed by atoms with van der Waals surface area (Å²) < 4.78 is 1.40. The molecule has 0 aliphatic carbocycles. The Kier molecular flexibility index (Phi) is 5.23. The molecule has 5 nitrogen and oxygen atoms in total. The van der Waals surface area contributed by atoms with Crippen molar-refractivity contribution in [2.75, 3.05) is 7.05 Å². The Balaban J connectivity index is 1.77. The van der Waals surface area contributed by atoms with Gasteiger partial charge in [0, 0.05) is 18.5 Å². The van der Waals surface area contributed by atoms with Crippen molar-refractivity contribution in [2.45, 2.75) is 40.3 Å². The van der Waals surface area contributed by atoms with E-state index in [0.717, 1.165) is 27.3 Å². The summed E-state index contributed by atoms with van der Waals surface area (Å²) in [6.45, 7) is 6.67. The molecule has 0 saturated heterocycles. The topological polar surface area (TPSA) is 55.2 Å². The SMILES string of the molecule is CCc1cc2c(=O)n(CC(=O)N(C)Cc3ccc(C)cc3C)cnc2s1. The van der Waals surface area contributed by atoms with E-state index in [0.29, 0.717) is 11.9 Å². The van der Waals surface area contributed by atoms with E-state index >= 15 is 0 Å². The van der Waals surface area contributed by atoms with Gasteiger partial charge in [-0.25, -0.2) is 4.98 Å². The van der Waals surface area contributed by atoms with Crippen LogP contribution in [0, 0.1) is 13.8 Å². The first-order valence-electron chi connectivity index (χ1n) is 8.67. The lowest BCUT2D eigenvalue weighted by Crippen LogP contribution is -2.33. The van der Waals surface area contributed by atoms with E-state index in [1.54, 1.807) is 11.9 Å². The van der Waals surface area contributed by atoms with Gasteiger partial charge in [0.05, 0.1) is 11.7 Å². The number of carbonyl (C=O) groups is 1. The fourth-order valence-corrected chi connectivity index (χ4v) is 3.86. The van der Waals surface area contributed by atoms with Gasteiger partial charge in [0.1, 0.15) is 11.4 Å². The first-order valence-corrected chi connectivity index (χ1v) is 9.48. The van der Waals surface area contributed by atoms with Crippen molar-refractivity contribution in [1.82, 2.24) is 14.5 Å². The molecule has 0 N–H and O–H groups in total. The minimum absolute atomic E-state index is 0.000483. The Morgan fingerprint density at radius 3 is 2.73 bits per heavy atom. The molecule has 0 fully saturated rings. The molecule has 0 bridgehead atoms. The van der Waals surface area contributed by atoms with Crippen LogP contribution in [0.1, 0.15) is 28.5 Å². The van der Waals surface area contributed by atoms with Gasteiger partial charge in [0.15, 0.2) is 0 Å². The average molecular weight is 369 g/mol. The largest absolute Gasteiger partial charge is 0.340 e. The summed E-state index contributed by atoms with van der Waals surface area (Å²) in [7, 11) is 1.76. The summed E-state index contributed by atoms with van der Waals surface area (Å²) in [5.74, 6) is -0.112. The van der Waals surface area contributed by atoms with Gasteiger partial charge in [-0.15, -0.1) is 11.3 Å². The molecular formula is C20H23N3O2S. The normalized spacial score (nSPS) is 11.1. The minimum Gasteiger partial charge on any atom is -0.340 e. The zero-order chi connectivity index (χ0) is 18.8. The maximum atomic E-state index is 12.6. The van der Waals surface area contributed by atoms with Crippen LogP contribution in [0.4, 0.5) is 0 Å². The molecule has 3 rings (SSSR count). The van der Waals surface area contributed by atoms with Crippen LogP contribution < -0.4 is 5.56 Å². The molecule has 0 atom stereocenters. The lowest BCUT2D eigenvalue weighted by molar-refractivity contribution is -0.131. The van der Waals surface area contributed by atoms with Crippen LogP contribution in [-0.2, 0) is 24.3 Å². The van der Waals surface area contributed by atoms with Gasteiger partial charge in [-0.3, -0.25) is 14.2 Å². The molecule has 0 saturated carbocycles. The molecular weight excluding hydrogens is 346 g/mol. The monoisotopic (exact) mass is 369 g/mol. The molecule has 0 aliphatic rings. The van der Waals surface area contributed by atoms with Gasteiger partial charge >= 0.3 is 0 Å². The number of hydrogen-bond donors (Lipinski definition) is 0. The Bertz CT molecular complexity index is 1020. The Morgan fingerprint density at radius 2 is 2.04 bits per heavy atom. The fraction of sp³-hybridized carbons (Fsp3) is 0.350. The summed E-state index contributed by atoms with van der Waals surface area (Å²) in [5.41, 5.74) is 3.32. The van der Waals surface area contributed by atoms with E-state index in [1.807, 2.05) is 25.1 Å². The van der Waals surface area contributed by atoms with Gasteiger partial charge in [0.25, 0.3) is 5.56 Å². The molecule has 2 aromatic heterocycles. The quantitative estimate of drug-likeness (QED) is 0.693. The second-order valence-electron chi connectivity index (χ2n) is 6.64. The number of fused-ring (bicyclic) bond motifs is 1. The molecule has 1 aromatic carbocycles.